The van der Waals surface area contributed by atoms with Gasteiger partial charge in [0.1, 0.15) is 0 Å². The average Bonchev–Trinajstić information content (AvgIpc) is 3.19. The summed E-state index contributed by atoms with van der Waals surface area (Å²) in [5, 5.41) is 15.6. The Balaban J connectivity index is 2.02. The summed E-state index contributed by atoms with van der Waals surface area (Å²) in [7, 11) is 1.42. The van der Waals surface area contributed by atoms with Gasteiger partial charge in [-0.25, -0.2) is 14.1 Å². The normalized spacial score (nSPS) is 10.9. The largest absolute Gasteiger partial charge is 0.494 e. The molecule has 2 aromatic heterocycles. The molecule has 0 saturated carbocycles. The molecule has 0 spiro atoms. The quantitative estimate of drug-likeness (QED) is 0.753. The van der Waals surface area contributed by atoms with Crippen molar-refractivity contribution in [3.8, 4) is 17.1 Å². The van der Waals surface area contributed by atoms with E-state index in [-0.39, 0.29) is 18.9 Å². The molecular weight excluding hydrogens is 317 g/mol. The van der Waals surface area contributed by atoms with Gasteiger partial charge in [0.25, 0.3) is 0 Å². The van der Waals surface area contributed by atoms with Crippen LogP contribution in [0.5, 0.6) is 5.75 Å². The Labute approximate surface area is 137 Å². The van der Waals surface area contributed by atoms with Crippen molar-refractivity contribution < 1.29 is 14.2 Å². The number of aromatic nitrogens is 3. The van der Waals surface area contributed by atoms with Gasteiger partial charge >= 0.3 is 0 Å². The number of ether oxygens (including phenoxy) is 1. The molecule has 3 rings (SSSR count). The number of aliphatic hydroxyl groups is 1. The Kier molecular flexibility index (Phi) is 4.68. The molecule has 0 bridgehead atoms. The van der Waals surface area contributed by atoms with Crippen molar-refractivity contribution in [2.75, 3.05) is 13.7 Å². The van der Waals surface area contributed by atoms with E-state index in [1.54, 1.807) is 29.5 Å². The predicted molar refractivity (Wildman–Crippen MR) is 86.2 cm³/mol. The van der Waals surface area contributed by atoms with E-state index in [0.29, 0.717) is 23.6 Å². The zero-order chi connectivity index (χ0) is 16.2. The minimum atomic E-state index is -0.482. The fourth-order valence-electron chi connectivity index (χ4n) is 2.32. The van der Waals surface area contributed by atoms with Crippen LogP contribution in [0.1, 0.15) is 10.7 Å². The van der Waals surface area contributed by atoms with Gasteiger partial charge in [0.15, 0.2) is 23.2 Å². The lowest BCUT2D eigenvalue weighted by Gasteiger charge is -2.07. The van der Waals surface area contributed by atoms with Crippen LogP contribution < -0.4 is 4.74 Å². The summed E-state index contributed by atoms with van der Waals surface area (Å²) in [5.41, 5.74) is 0.308. The molecule has 23 heavy (non-hydrogen) atoms. The molecule has 1 N–H and O–H groups in total. The zero-order valence-corrected chi connectivity index (χ0v) is 13.4. The summed E-state index contributed by atoms with van der Waals surface area (Å²) in [6, 6.07) is 8.85. The summed E-state index contributed by atoms with van der Waals surface area (Å²) in [5.74, 6) is 0.658. The SMILES string of the molecule is COc1cccc(-c2nc(Cc3cccs3)nn2CCO)c1F. The van der Waals surface area contributed by atoms with Crippen molar-refractivity contribution in [3.63, 3.8) is 0 Å². The van der Waals surface area contributed by atoms with Gasteiger partial charge in [-0.3, -0.25) is 0 Å². The van der Waals surface area contributed by atoms with Gasteiger partial charge in [0.2, 0.25) is 0 Å². The van der Waals surface area contributed by atoms with Crippen LogP contribution in [0.25, 0.3) is 11.4 Å². The molecule has 7 heteroatoms. The first-order chi connectivity index (χ1) is 11.2. The van der Waals surface area contributed by atoms with Crippen molar-refractivity contribution in [3.05, 3.63) is 52.2 Å². The molecule has 2 heterocycles. The van der Waals surface area contributed by atoms with Crippen LogP contribution in [0.3, 0.4) is 0 Å². The standard InChI is InChI=1S/C16H16FN3O2S/c1-22-13-6-2-5-12(15(13)17)16-18-14(19-20(16)7-8-21)10-11-4-3-9-23-11/h2-6,9,21H,7-8,10H2,1H3. The fraction of sp³-hybridized carbons (Fsp3) is 0.250. The van der Waals surface area contributed by atoms with Crippen molar-refractivity contribution in [2.24, 2.45) is 0 Å². The number of benzene rings is 1. The molecule has 0 saturated heterocycles. The Morgan fingerprint density at radius 1 is 1.30 bits per heavy atom. The van der Waals surface area contributed by atoms with Crippen LogP contribution in [0, 0.1) is 5.82 Å². The van der Waals surface area contributed by atoms with E-state index in [9.17, 15) is 9.50 Å². The van der Waals surface area contributed by atoms with E-state index in [4.69, 9.17) is 4.74 Å². The third-order valence-corrected chi connectivity index (χ3v) is 4.24. The molecule has 0 unspecified atom stereocenters. The minimum absolute atomic E-state index is 0.0968. The molecule has 0 aliphatic carbocycles. The smallest absolute Gasteiger partial charge is 0.176 e. The van der Waals surface area contributed by atoms with E-state index >= 15 is 0 Å². The predicted octanol–water partition coefficient (Wildman–Crippen LogP) is 2.74. The summed E-state index contributed by atoms with van der Waals surface area (Å²) in [6.07, 6.45) is 0.578. The molecule has 120 valence electrons. The summed E-state index contributed by atoms with van der Waals surface area (Å²) in [4.78, 5) is 5.59. The second-order valence-electron chi connectivity index (χ2n) is 4.88. The Hall–Kier alpha value is -2.25. The number of rotatable bonds is 6. The number of halogens is 1. The number of methoxy groups -OCH3 is 1. The molecule has 0 radical (unpaired) electrons. The van der Waals surface area contributed by atoms with E-state index in [0.717, 1.165) is 4.88 Å². The van der Waals surface area contributed by atoms with Crippen LogP contribution >= 0.6 is 11.3 Å². The van der Waals surface area contributed by atoms with E-state index < -0.39 is 5.82 Å². The van der Waals surface area contributed by atoms with Gasteiger partial charge in [-0.1, -0.05) is 12.1 Å². The van der Waals surface area contributed by atoms with Crippen molar-refractivity contribution >= 4 is 11.3 Å². The molecule has 0 aliphatic rings. The monoisotopic (exact) mass is 333 g/mol. The summed E-state index contributed by atoms with van der Waals surface area (Å²) in [6.45, 7) is 0.157. The van der Waals surface area contributed by atoms with Crippen molar-refractivity contribution in [1.29, 1.82) is 0 Å². The number of aliphatic hydroxyl groups excluding tert-OH is 1. The third-order valence-electron chi connectivity index (χ3n) is 3.36. The first kappa shape index (κ1) is 15.6. The zero-order valence-electron chi connectivity index (χ0n) is 12.6. The molecule has 1 aromatic carbocycles. The second-order valence-corrected chi connectivity index (χ2v) is 5.91. The van der Waals surface area contributed by atoms with E-state index in [2.05, 4.69) is 10.1 Å². The lowest BCUT2D eigenvalue weighted by atomic mass is 10.2. The van der Waals surface area contributed by atoms with E-state index in [1.807, 2.05) is 17.5 Å². The van der Waals surface area contributed by atoms with Gasteiger partial charge in [-0.2, -0.15) is 5.10 Å². The molecule has 0 amide bonds. The van der Waals surface area contributed by atoms with Crippen molar-refractivity contribution in [2.45, 2.75) is 13.0 Å². The van der Waals surface area contributed by atoms with Crippen LogP contribution in [0.15, 0.2) is 35.7 Å². The topological polar surface area (TPSA) is 60.2 Å². The Bertz CT molecular complexity index is 787. The average molecular weight is 333 g/mol. The van der Waals surface area contributed by atoms with Crippen LogP contribution in [-0.2, 0) is 13.0 Å². The maximum Gasteiger partial charge on any atom is 0.176 e. The maximum atomic E-state index is 14.5. The van der Waals surface area contributed by atoms with Crippen LogP contribution in [0.4, 0.5) is 4.39 Å². The summed E-state index contributed by atoms with van der Waals surface area (Å²) >= 11 is 1.62. The highest BCUT2D eigenvalue weighted by atomic mass is 32.1. The van der Waals surface area contributed by atoms with Crippen LogP contribution in [-0.4, -0.2) is 33.6 Å². The number of hydrogen-bond acceptors (Lipinski definition) is 5. The highest BCUT2D eigenvalue weighted by Crippen LogP contribution is 2.28. The second kappa shape index (κ2) is 6.89. The third kappa shape index (κ3) is 3.25. The molecule has 0 aliphatic heterocycles. The van der Waals surface area contributed by atoms with Crippen LogP contribution in [0.2, 0.25) is 0 Å². The highest BCUT2D eigenvalue weighted by molar-refractivity contribution is 7.09. The first-order valence-electron chi connectivity index (χ1n) is 7.12. The van der Waals surface area contributed by atoms with Gasteiger partial charge in [0.05, 0.1) is 25.8 Å². The lowest BCUT2D eigenvalue weighted by molar-refractivity contribution is 0.270. The maximum absolute atomic E-state index is 14.5. The first-order valence-corrected chi connectivity index (χ1v) is 8.00. The van der Waals surface area contributed by atoms with Crippen molar-refractivity contribution in [1.82, 2.24) is 14.8 Å². The highest BCUT2D eigenvalue weighted by Gasteiger charge is 2.18. The fourth-order valence-corrected chi connectivity index (χ4v) is 3.03. The number of thiophene rings is 1. The number of nitrogens with zero attached hydrogens (tertiary/aromatic N) is 3. The van der Waals surface area contributed by atoms with Gasteiger partial charge in [0, 0.05) is 11.3 Å². The Morgan fingerprint density at radius 2 is 2.17 bits per heavy atom. The van der Waals surface area contributed by atoms with E-state index in [1.165, 1.54) is 11.8 Å². The molecule has 0 atom stereocenters. The van der Waals surface area contributed by atoms with Gasteiger partial charge < -0.3 is 9.84 Å². The lowest BCUT2D eigenvalue weighted by Crippen LogP contribution is -2.07. The van der Waals surface area contributed by atoms with Gasteiger partial charge in [-0.15, -0.1) is 11.3 Å². The molecule has 5 nitrogen and oxygen atoms in total. The Morgan fingerprint density at radius 3 is 2.87 bits per heavy atom. The minimum Gasteiger partial charge on any atom is -0.494 e. The van der Waals surface area contributed by atoms with Gasteiger partial charge in [-0.05, 0) is 23.6 Å². The molecular formula is C16H16FN3O2S. The number of hydrogen-bond donors (Lipinski definition) is 1. The summed E-state index contributed by atoms with van der Waals surface area (Å²) < 4.78 is 21.0. The molecule has 3 aromatic rings. The molecule has 0 fully saturated rings.